The van der Waals surface area contributed by atoms with E-state index in [-0.39, 0.29) is 12.3 Å². The van der Waals surface area contributed by atoms with Crippen molar-refractivity contribution in [1.82, 2.24) is 5.32 Å². The summed E-state index contributed by atoms with van der Waals surface area (Å²) in [5.74, 6) is -0.0767. The first kappa shape index (κ1) is 16.3. The van der Waals surface area contributed by atoms with Crippen molar-refractivity contribution in [1.29, 1.82) is 0 Å². The van der Waals surface area contributed by atoms with Gasteiger partial charge in [0, 0.05) is 12.2 Å². The van der Waals surface area contributed by atoms with Crippen LogP contribution in [0.3, 0.4) is 0 Å². The van der Waals surface area contributed by atoms with Crippen LogP contribution in [-0.2, 0) is 16.1 Å². The van der Waals surface area contributed by atoms with Crippen molar-refractivity contribution in [2.45, 2.75) is 45.4 Å². The van der Waals surface area contributed by atoms with Gasteiger partial charge in [-0.05, 0) is 38.5 Å². The van der Waals surface area contributed by atoms with Crippen molar-refractivity contribution in [3.63, 3.8) is 0 Å². The Morgan fingerprint density at radius 3 is 2.50 bits per heavy atom. The second-order valence-electron chi connectivity index (χ2n) is 6.38. The number of alkyl carbamates (subject to hydrolysis) is 1. The molecule has 2 rings (SSSR count). The molecule has 1 aromatic rings. The highest BCUT2D eigenvalue weighted by Crippen LogP contribution is 2.22. The SMILES string of the molecule is CC(C)(C)OC(=O)NCc1ccc(N2CC(O)CC2=O)cc1. The Labute approximate surface area is 130 Å². The minimum absolute atomic E-state index is 0.0767. The van der Waals surface area contributed by atoms with Gasteiger partial charge in [-0.25, -0.2) is 4.79 Å². The van der Waals surface area contributed by atoms with E-state index in [1.165, 1.54) is 0 Å². The summed E-state index contributed by atoms with van der Waals surface area (Å²) >= 11 is 0. The monoisotopic (exact) mass is 306 g/mol. The summed E-state index contributed by atoms with van der Waals surface area (Å²) < 4.78 is 5.16. The van der Waals surface area contributed by atoms with E-state index in [0.29, 0.717) is 13.1 Å². The third-order valence-electron chi connectivity index (χ3n) is 3.19. The van der Waals surface area contributed by atoms with Gasteiger partial charge in [-0.1, -0.05) is 12.1 Å². The van der Waals surface area contributed by atoms with Crippen LogP contribution in [0.5, 0.6) is 0 Å². The molecule has 1 fully saturated rings. The summed E-state index contributed by atoms with van der Waals surface area (Å²) in [6, 6.07) is 7.29. The number of rotatable bonds is 3. The number of ether oxygens (including phenoxy) is 1. The molecule has 2 N–H and O–H groups in total. The van der Waals surface area contributed by atoms with Gasteiger partial charge in [0.05, 0.1) is 19.1 Å². The molecule has 22 heavy (non-hydrogen) atoms. The smallest absolute Gasteiger partial charge is 0.407 e. The molecule has 1 saturated heterocycles. The first-order chi connectivity index (χ1) is 10.2. The number of aliphatic hydroxyl groups excluding tert-OH is 1. The molecule has 1 aliphatic rings. The van der Waals surface area contributed by atoms with E-state index in [0.717, 1.165) is 11.3 Å². The van der Waals surface area contributed by atoms with E-state index >= 15 is 0 Å². The number of carbonyl (C=O) groups excluding carboxylic acids is 2. The van der Waals surface area contributed by atoms with Crippen LogP contribution in [0.1, 0.15) is 32.8 Å². The fraction of sp³-hybridized carbons (Fsp3) is 0.500. The maximum absolute atomic E-state index is 11.7. The predicted octanol–water partition coefficient (Wildman–Crippen LogP) is 1.81. The van der Waals surface area contributed by atoms with E-state index in [4.69, 9.17) is 4.74 Å². The molecular weight excluding hydrogens is 284 g/mol. The number of nitrogens with zero attached hydrogens (tertiary/aromatic N) is 1. The van der Waals surface area contributed by atoms with Gasteiger partial charge in [-0.2, -0.15) is 0 Å². The molecule has 6 nitrogen and oxygen atoms in total. The molecule has 1 atom stereocenters. The summed E-state index contributed by atoms with van der Waals surface area (Å²) in [6.07, 6.45) is -0.891. The van der Waals surface area contributed by atoms with Crippen LogP contribution < -0.4 is 10.2 Å². The minimum Gasteiger partial charge on any atom is -0.444 e. The molecule has 120 valence electrons. The lowest BCUT2D eigenvalue weighted by atomic mass is 10.2. The van der Waals surface area contributed by atoms with Gasteiger partial charge in [0.25, 0.3) is 0 Å². The third-order valence-corrected chi connectivity index (χ3v) is 3.19. The van der Waals surface area contributed by atoms with Gasteiger partial charge in [-0.3, -0.25) is 4.79 Å². The summed E-state index contributed by atoms with van der Waals surface area (Å²) in [5.41, 5.74) is 1.13. The molecular formula is C16H22N2O4. The van der Waals surface area contributed by atoms with Gasteiger partial charge < -0.3 is 20.1 Å². The van der Waals surface area contributed by atoms with Crippen molar-refractivity contribution < 1.29 is 19.4 Å². The molecule has 1 unspecified atom stereocenters. The Hall–Kier alpha value is -2.08. The van der Waals surface area contributed by atoms with Gasteiger partial charge in [0.1, 0.15) is 5.60 Å². The van der Waals surface area contributed by atoms with Crippen molar-refractivity contribution in [3.05, 3.63) is 29.8 Å². The molecule has 0 aliphatic carbocycles. The van der Waals surface area contributed by atoms with Crippen LogP contribution in [0.2, 0.25) is 0 Å². The second kappa shape index (κ2) is 6.36. The summed E-state index contributed by atoms with van der Waals surface area (Å²) in [5, 5.41) is 12.2. The van der Waals surface area contributed by atoms with Crippen LogP contribution in [-0.4, -0.2) is 35.4 Å². The Morgan fingerprint density at radius 2 is 2.00 bits per heavy atom. The number of anilines is 1. The molecule has 0 aromatic heterocycles. The van der Waals surface area contributed by atoms with Crippen LogP contribution in [0.25, 0.3) is 0 Å². The molecule has 0 bridgehead atoms. The number of hydrogen-bond donors (Lipinski definition) is 2. The zero-order valence-corrected chi connectivity index (χ0v) is 13.1. The molecule has 1 heterocycles. The largest absolute Gasteiger partial charge is 0.444 e. The second-order valence-corrected chi connectivity index (χ2v) is 6.38. The van der Waals surface area contributed by atoms with Crippen molar-refractivity contribution >= 4 is 17.7 Å². The van der Waals surface area contributed by atoms with E-state index in [1.54, 1.807) is 4.90 Å². The zero-order chi connectivity index (χ0) is 16.3. The molecule has 2 amide bonds. The first-order valence-electron chi connectivity index (χ1n) is 7.29. The average Bonchev–Trinajstić information content (AvgIpc) is 2.74. The van der Waals surface area contributed by atoms with Crippen LogP contribution in [0.4, 0.5) is 10.5 Å². The number of amides is 2. The van der Waals surface area contributed by atoms with Crippen LogP contribution >= 0.6 is 0 Å². The molecule has 0 spiro atoms. The highest BCUT2D eigenvalue weighted by atomic mass is 16.6. The fourth-order valence-corrected chi connectivity index (χ4v) is 2.22. The number of benzene rings is 1. The number of carbonyl (C=O) groups is 2. The lowest BCUT2D eigenvalue weighted by Crippen LogP contribution is -2.32. The zero-order valence-electron chi connectivity index (χ0n) is 13.1. The quantitative estimate of drug-likeness (QED) is 0.892. The van der Waals surface area contributed by atoms with E-state index in [1.807, 2.05) is 45.0 Å². The maximum Gasteiger partial charge on any atom is 0.407 e. The minimum atomic E-state index is -0.596. The normalized spacial score (nSPS) is 18.5. The highest BCUT2D eigenvalue weighted by molar-refractivity contribution is 5.96. The van der Waals surface area contributed by atoms with E-state index in [9.17, 15) is 14.7 Å². The Kier molecular flexibility index (Phi) is 4.71. The van der Waals surface area contributed by atoms with Gasteiger partial charge >= 0.3 is 6.09 Å². The van der Waals surface area contributed by atoms with Crippen LogP contribution in [0, 0.1) is 0 Å². The standard InChI is InChI=1S/C16H22N2O4/c1-16(2,3)22-15(21)17-9-11-4-6-12(7-5-11)18-10-13(19)8-14(18)20/h4-7,13,19H,8-10H2,1-3H3,(H,17,21). The molecule has 6 heteroatoms. The first-order valence-corrected chi connectivity index (χ1v) is 7.29. The van der Waals surface area contributed by atoms with E-state index in [2.05, 4.69) is 5.32 Å². The number of aliphatic hydroxyl groups is 1. The third kappa shape index (κ3) is 4.46. The lowest BCUT2D eigenvalue weighted by Gasteiger charge is -2.20. The summed E-state index contributed by atoms with van der Waals surface area (Å²) in [4.78, 5) is 24.8. The van der Waals surface area contributed by atoms with Crippen molar-refractivity contribution in [3.8, 4) is 0 Å². The molecule has 0 saturated carbocycles. The Bertz CT molecular complexity index is 548. The summed E-state index contributed by atoms with van der Waals surface area (Å²) in [6.45, 7) is 6.11. The van der Waals surface area contributed by atoms with Crippen molar-refractivity contribution in [2.75, 3.05) is 11.4 Å². The number of β-amino-alcohol motifs (C(OH)–C–C–N with tert-alkyl or cyclic N) is 1. The molecule has 1 aliphatic heterocycles. The van der Waals surface area contributed by atoms with Gasteiger partial charge in [-0.15, -0.1) is 0 Å². The summed E-state index contributed by atoms with van der Waals surface area (Å²) in [7, 11) is 0. The van der Waals surface area contributed by atoms with Crippen molar-refractivity contribution in [2.24, 2.45) is 0 Å². The molecule has 1 aromatic carbocycles. The molecule has 0 radical (unpaired) electrons. The predicted molar refractivity (Wildman–Crippen MR) is 82.5 cm³/mol. The average molecular weight is 306 g/mol. The highest BCUT2D eigenvalue weighted by Gasteiger charge is 2.28. The van der Waals surface area contributed by atoms with Crippen LogP contribution in [0.15, 0.2) is 24.3 Å². The van der Waals surface area contributed by atoms with E-state index < -0.39 is 17.8 Å². The fourth-order valence-electron chi connectivity index (χ4n) is 2.22. The topological polar surface area (TPSA) is 78.9 Å². The number of nitrogens with one attached hydrogen (secondary N) is 1. The van der Waals surface area contributed by atoms with Gasteiger partial charge in [0.15, 0.2) is 0 Å². The number of hydrogen-bond acceptors (Lipinski definition) is 4. The Balaban J connectivity index is 1.90. The maximum atomic E-state index is 11.7. The van der Waals surface area contributed by atoms with Gasteiger partial charge in [0.2, 0.25) is 5.91 Å². The lowest BCUT2D eigenvalue weighted by molar-refractivity contribution is -0.117. The Morgan fingerprint density at radius 1 is 1.36 bits per heavy atom.